The van der Waals surface area contributed by atoms with Crippen molar-refractivity contribution in [2.24, 2.45) is 0 Å². The van der Waals surface area contributed by atoms with Crippen LogP contribution in [0.1, 0.15) is 5.56 Å². The van der Waals surface area contributed by atoms with Crippen molar-refractivity contribution < 1.29 is 13.6 Å². The molecule has 3 N–H and O–H groups in total. The van der Waals surface area contributed by atoms with Crippen LogP contribution in [0.4, 0.5) is 31.9 Å². The van der Waals surface area contributed by atoms with E-state index in [-0.39, 0.29) is 12.0 Å². The minimum absolute atomic E-state index is 0.0980. The fourth-order valence-corrected chi connectivity index (χ4v) is 4.00. The topological polar surface area (TPSA) is 108 Å². The van der Waals surface area contributed by atoms with Crippen molar-refractivity contribution in [2.45, 2.75) is 6.42 Å². The molecule has 1 aliphatic rings. The monoisotopic (exact) mass is 502 g/mol. The summed E-state index contributed by atoms with van der Waals surface area (Å²) < 4.78 is 27.3. The Morgan fingerprint density at radius 1 is 0.973 bits per heavy atom. The molecule has 3 aromatic heterocycles. The van der Waals surface area contributed by atoms with Gasteiger partial charge in [0.05, 0.1) is 18.3 Å². The first kappa shape index (κ1) is 24.2. The fourth-order valence-electron chi connectivity index (χ4n) is 4.00. The second kappa shape index (κ2) is 11.0. The summed E-state index contributed by atoms with van der Waals surface area (Å²) >= 11 is 0. The number of anilines is 4. The van der Waals surface area contributed by atoms with Crippen molar-refractivity contribution in [3.8, 4) is 11.3 Å². The quantitative estimate of drug-likeness (QED) is 0.352. The molecular weight excluding hydrogens is 478 g/mol. The molecule has 4 heterocycles. The predicted molar refractivity (Wildman–Crippen MR) is 137 cm³/mol. The van der Waals surface area contributed by atoms with Crippen LogP contribution in [0.15, 0.2) is 67.3 Å². The van der Waals surface area contributed by atoms with E-state index < -0.39 is 17.5 Å². The van der Waals surface area contributed by atoms with Crippen molar-refractivity contribution in [3.05, 3.63) is 84.4 Å². The normalized spacial score (nSPS) is 13.3. The molecule has 1 aromatic carbocycles. The molecule has 0 bridgehead atoms. The molecule has 0 aliphatic carbocycles. The van der Waals surface area contributed by atoms with E-state index in [1.165, 1.54) is 6.07 Å². The van der Waals surface area contributed by atoms with Crippen molar-refractivity contribution in [2.75, 3.05) is 41.7 Å². The molecule has 0 saturated carbocycles. The van der Waals surface area contributed by atoms with Crippen LogP contribution in [-0.2, 0) is 11.2 Å². The first-order chi connectivity index (χ1) is 18.0. The van der Waals surface area contributed by atoms with Crippen molar-refractivity contribution in [1.82, 2.24) is 25.3 Å². The number of hydrogen-bond donors (Lipinski definition) is 3. The van der Waals surface area contributed by atoms with Crippen LogP contribution < -0.4 is 20.9 Å². The van der Waals surface area contributed by atoms with Gasteiger partial charge < -0.3 is 20.9 Å². The van der Waals surface area contributed by atoms with Gasteiger partial charge in [0.25, 0.3) is 0 Å². The Kier molecular flexibility index (Phi) is 7.22. The number of piperazine rings is 1. The van der Waals surface area contributed by atoms with Gasteiger partial charge in [-0.05, 0) is 29.8 Å². The molecule has 1 saturated heterocycles. The molecule has 37 heavy (non-hydrogen) atoms. The molecule has 9 nitrogen and oxygen atoms in total. The maximum atomic E-state index is 14.1. The van der Waals surface area contributed by atoms with Gasteiger partial charge in [0.2, 0.25) is 5.91 Å². The number of hydrogen-bond acceptors (Lipinski definition) is 8. The van der Waals surface area contributed by atoms with Gasteiger partial charge in [-0.25, -0.2) is 23.7 Å². The number of benzene rings is 1. The number of nitrogens with one attached hydrogen (secondary N) is 3. The highest BCUT2D eigenvalue weighted by Crippen LogP contribution is 2.27. The number of carbonyl (C=O) groups is 1. The van der Waals surface area contributed by atoms with Crippen LogP contribution in [0.3, 0.4) is 0 Å². The first-order valence-electron chi connectivity index (χ1n) is 11.7. The van der Waals surface area contributed by atoms with Crippen LogP contribution in [0, 0.1) is 11.6 Å². The van der Waals surface area contributed by atoms with Gasteiger partial charge in [0.15, 0.2) is 0 Å². The van der Waals surface area contributed by atoms with E-state index in [4.69, 9.17) is 4.98 Å². The maximum Gasteiger partial charge on any atom is 0.228 e. The highest BCUT2D eigenvalue weighted by atomic mass is 19.1. The lowest BCUT2D eigenvalue weighted by molar-refractivity contribution is -0.115. The average Bonchev–Trinajstić information content (AvgIpc) is 2.91. The average molecular weight is 503 g/mol. The summed E-state index contributed by atoms with van der Waals surface area (Å²) in [5.41, 5.74) is 1.95. The molecule has 0 unspecified atom stereocenters. The first-order valence-corrected chi connectivity index (χ1v) is 11.7. The highest BCUT2D eigenvalue weighted by Gasteiger charge is 2.15. The van der Waals surface area contributed by atoms with Gasteiger partial charge in [-0.1, -0.05) is 6.07 Å². The Bertz CT molecular complexity index is 1400. The Labute approximate surface area is 212 Å². The Hall–Kier alpha value is -4.51. The minimum atomic E-state index is -0.771. The number of carbonyl (C=O) groups excluding carboxylic acids is 1. The van der Waals surface area contributed by atoms with E-state index in [9.17, 15) is 13.6 Å². The van der Waals surface area contributed by atoms with Crippen LogP contribution in [0.25, 0.3) is 11.3 Å². The second-order valence-electron chi connectivity index (χ2n) is 8.44. The van der Waals surface area contributed by atoms with Crippen molar-refractivity contribution in [1.29, 1.82) is 0 Å². The van der Waals surface area contributed by atoms with Gasteiger partial charge in [-0.15, -0.1) is 0 Å². The van der Waals surface area contributed by atoms with E-state index in [1.807, 2.05) is 12.1 Å². The Morgan fingerprint density at radius 2 is 1.84 bits per heavy atom. The van der Waals surface area contributed by atoms with E-state index in [2.05, 4.69) is 35.8 Å². The molecule has 5 rings (SSSR count). The van der Waals surface area contributed by atoms with E-state index in [0.29, 0.717) is 23.0 Å². The van der Waals surface area contributed by atoms with E-state index >= 15 is 0 Å². The third kappa shape index (κ3) is 6.19. The molecule has 0 atom stereocenters. The number of rotatable bonds is 7. The fraction of sp³-hybridized carbons (Fsp3) is 0.192. The zero-order chi connectivity index (χ0) is 25.6. The summed E-state index contributed by atoms with van der Waals surface area (Å²) in [4.78, 5) is 32.4. The molecule has 0 radical (unpaired) electrons. The van der Waals surface area contributed by atoms with Crippen molar-refractivity contribution >= 4 is 29.0 Å². The number of amides is 1. The van der Waals surface area contributed by atoms with Gasteiger partial charge in [0, 0.05) is 68.2 Å². The van der Waals surface area contributed by atoms with Crippen molar-refractivity contribution in [3.63, 3.8) is 0 Å². The summed E-state index contributed by atoms with van der Waals surface area (Å²) in [5.74, 6) is -0.170. The number of aromatic nitrogens is 4. The maximum absolute atomic E-state index is 14.1. The number of halogens is 2. The summed E-state index contributed by atoms with van der Waals surface area (Å²) in [6.07, 6.45) is 6.14. The Morgan fingerprint density at radius 3 is 2.62 bits per heavy atom. The van der Waals surface area contributed by atoms with Gasteiger partial charge in [-0.2, -0.15) is 0 Å². The third-order valence-electron chi connectivity index (χ3n) is 5.78. The molecular formula is C26H24F2N8O. The predicted octanol–water partition coefficient (Wildman–Crippen LogP) is 3.55. The second-order valence-corrected chi connectivity index (χ2v) is 8.44. The van der Waals surface area contributed by atoms with E-state index in [0.717, 1.165) is 49.7 Å². The summed E-state index contributed by atoms with van der Waals surface area (Å²) in [5, 5.41) is 9.22. The highest BCUT2D eigenvalue weighted by molar-refractivity contribution is 5.93. The van der Waals surface area contributed by atoms with Gasteiger partial charge in [0.1, 0.15) is 29.1 Å². The lowest BCUT2D eigenvalue weighted by Crippen LogP contribution is -2.43. The van der Waals surface area contributed by atoms with Gasteiger partial charge >= 0.3 is 0 Å². The van der Waals surface area contributed by atoms with Crippen LogP contribution in [0.2, 0.25) is 0 Å². The minimum Gasteiger partial charge on any atom is -0.354 e. The molecule has 4 aromatic rings. The molecule has 1 aliphatic heterocycles. The molecule has 1 fully saturated rings. The summed E-state index contributed by atoms with van der Waals surface area (Å²) in [6, 6.07) is 10.3. The van der Waals surface area contributed by atoms with Crippen LogP contribution in [-0.4, -0.2) is 52.0 Å². The van der Waals surface area contributed by atoms with E-state index in [1.54, 1.807) is 36.9 Å². The lowest BCUT2D eigenvalue weighted by Gasteiger charge is -2.28. The third-order valence-corrected chi connectivity index (χ3v) is 5.78. The van der Waals surface area contributed by atoms with Crippen LogP contribution in [0.5, 0.6) is 0 Å². The number of nitrogens with zero attached hydrogens (tertiary/aromatic N) is 5. The zero-order valence-electron chi connectivity index (χ0n) is 19.8. The smallest absolute Gasteiger partial charge is 0.228 e. The van der Waals surface area contributed by atoms with Gasteiger partial charge in [-0.3, -0.25) is 9.78 Å². The molecule has 188 valence electrons. The zero-order valence-corrected chi connectivity index (χ0v) is 19.8. The Balaban J connectivity index is 1.44. The van der Waals surface area contributed by atoms with Crippen LogP contribution >= 0.6 is 0 Å². The SMILES string of the molecule is O=C(Cc1ccc(F)cc1F)Nc1cc(Nc2cnccn2)nc(-c2ccnc(N3CCNCC3)c2)c1. The molecule has 11 heteroatoms. The lowest BCUT2D eigenvalue weighted by atomic mass is 10.1. The largest absolute Gasteiger partial charge is 0.354 e. The molecule has 0 spiro atoms. The summed E-state index contributed by atoms with van der Waals surface area (Å²) in [7, 11) is 0. The number of pyridine rings is 2. The standard InChI is InChI=1S/C26H24F2N8O/c27-19-2-1-17(21(28)13-19)12-26(37)33-20-14-22(34-23(15-20)35-24-16-30-5-6-31-24)18-3-4-32-25(11-18)36-9-7-29-8-10-36/h1-6,11,13-16,29H,7-10,12H2,(H2,31,33,34,35,37). The summed E-state index contributed by atoms with van der Waals surface area (Å²) in [6.45, 7) is 3.46. The molecule has 1 amide bonds.